The first-order valence-electron chi connectivity index (χ1n) is 9.62. The summed E-state index contributed by atoms with van der Waals surface area (Å²) < 4.78 is 10.2. The van der Waals surface area contributed by atoms with Crippen molar-refractivity contribution in [3.63, 3.8) is 0 Å². The molecule has 4 aromatic rings. The predicted octanol–water partition coefficient (Wildman–Crippen LogP) is 5.81. The SMILES string of the molecule is O=C(O)/C(=C/c1ccco1)c1ccccc1.O=C(O)/C(=C/c1ccco1)c1ccccc1. The smallest absolute Gasteiger partial charge is 0.336 e. The molecule has 2 heterocycles. The van der Waals surface area contributed by atoms with Crippen LogP contribution >= 0.6 is 0 Å². The van der Waals surface area contributed by atoms with E-state index in [1.807, 2.05) is 12.1 Å². The molecule has 0 aliphatic carbocycles. The Labute approximate surface area is 184 Å². The molecule has 2 aromatic carbocycles. The Morgan fingerprint density at radius 3 is 1.22 bits per heavy atom. The average molecular weight is 428 g/mol. The standard InChI is InChI=1S/2C13H10O3/c2*14-13(15)12(9-11-7-4-8-16-11)10-5-2-1-3-6-10/h2*1-9H,(H,14,15)/b2*12-9+. The lowest BCUT2D eigenvalue weighted by molar-refractivity contribution is -0.131. The summed E-state index contributed by atoms with van der Waals surface area (Å²) in [5, 5.41) is 18.2. The molecule has 0 atom stereocenters. The van der Waals surface area contributed by atoms with E-state index in [1.54, 1.807) is 72.8 Å². The van der Waals surface area contributed by atoms with E-state index >= 15 is 0 Å². The zero-order valence-corrected chi connectivity index (χ0v) is 16.9. The molecule has 2 N–H and O–H groups in total. The number of hydrogen-bond acceptors (Lipinski definition) is 4. The third-order valence-corrected chi connectivity index (χ3v) is 4.29. The Hall–Kier alpha value is -4.58. The van der Waals surface area contributed by atoms with Gasteiger partial charge in [0.25, 0.3) is 0 Å². The molecule has 0 aliphatic heterocycles. The fourth-order valence-corrected chi connectivity index (χ4v) is 2.80. The summed E-state index contributed by atoms with van der Waals surface area (Å²) in [6, 6.07) is 24.8. The summed E-state index contributed by atoms with van der Waals surface area (Å²) in [6.07, 6.45) is 6.04. The highest BCUT2D eigenvalue weighted by atomic mass is 16.4. The van der Waals surface area contributed by atoms with Crippen LogP contribution in [0.15, 0.2) is 106 Å². The van der Waals surface area contributed by atoms with Gasteiger partial charge < -0.3 is 19.0 Å². The molecule has 160 valence electrons. The molecule has 4 rings (SSSR count). The maximum absolute atomic E-state index is 11.1. The highest BCUT2D eigenvalue weighted by Crippen LogP contribution is 2.19. The highest BCUT2D eigenvalue weighted by Gasteiger charge is 2.11. The summed E-state index contributed by atoms with van der Waals surface area (Å²) >= 11 is 0. The highest BCUT2D eigenvalue weighted by molar-refractivity contribution is 6.21. The van der Waals surface area contributed by atoms with Crippen LogP contribution in [0.1, 0.15) is 22.6 Å². The van der Waals surface area contributed by atoms with Gasteiger partial charge in [-0.3, -0.25) is 0 Å². The second-order valence-corrected chi connectivity index (χ2v) is 6.49. The number of furan rings is 2. The van der Waals surface area contributed by atoms with Crippen molar-refractivity contribution in [2.75, 3.05) is 0 Å². The zero-order valence-electron chi connectivity index (χ0n) is 16.9. The van der Waals surface area contributed by atoms with Gasteiger partial charge in [0.1, 0.15) is 11.5 Å². The number of rotatable bonds is 6. The van der Waals surface area contributed by atoms with Crippen LogP contribution in [0, 0.1) is 0 Å². The molecule has 0 radical (unpaired) electrons. The van der Waals surface area contributed by atoms with E-state index in [2.05, 4.69) is 0 Å². The number of carboxylic acids is 2. The Balaban J connectivity index is 0.000000181. The fraction of sp³-hybridized carbons (Fsp3) is 0. The van der Waals surface area contributed by atoms with Gasteiger partial charge >= 0.3 is 11.9 Å². The lowest BCUT2D eigenvalue weighted by atomic mass is 10.1. The van der Waals surface area contributed by atoms with Crippen molar-refractivity contribution < 1.29 is 28.6 Å². The number of carboxylic acid groups (broad SMARTS) is 2. The van der Waals surface area contributed by atoms with Crippen LogP contribution in [0.4, 0.5) is 0 Å². The van der Waals surface area contributed by atoms with E-state index in [9.17, 15) is 9.59 Å². The van der Waals surface area contributed by atoms with E-state index in [-0.39, 0.29) is 11.1 Å². The van der Waals surface area contributed by atoms with E-state index < -0.39 is 11.9 Å². The molecule has 6 heteroatoms. The molecule has 0 saturated carbocycles. The first kappa shape index (κ1) is 22.1. The Bertz CT molecular complexity index is 1090. The fourth-order valence-electron chi connectivity index (χ4n) is 2.80. The van der Waals surface area contributed by atoms with Gasteiger partial charge in [-0.05, 0) is 47.5 Å². The molecule has 0 unspecified atom stereocenters. The number of carbonyl (C=O) groups is 2. The van der Waals surface area contributed by atoms with Gasteiger partial charge in [0.15, 0.2) is 0 Å². The Morgan fingerprint density at radius 1 is 0.562 bits per heavy atom. The molecular weight excluding hydrogens is 408 g/mol. The first-order chi connectivity index (χ1) is 15.5. The quantitative estimate of drug-likeness (QED) is 0.376. The van der Waals surface area contributed by atoms with Gasteiger partial charge in [0.2, 0.25) is 0 Å². The third kappa shape index (κ3) is 6.21. The molecule has 0 fully saturated rings. The lowest BCUT2D eigenvalue weighted by Crippen LogP contribution is -1.99. The molecule has 0 saturated heterocycles. The van der Waals surface area contributed by atoms with Gasteiger partial charge in [0, 0.05) is 0 Å². The van der Waals surface area contributed by atoms with Crippen LogP contribution in [0.5, 0.6) is 0 Å². The van der Waals surface area contributed by atoms with Crippen LogP contribution in [0.3, 0.4) is 0 Å². The summed E-state index contributed by atoms with van der Waals surface area (Å²) in [7, 11) is 0. The minimum absolute atomic E-state index is 0.218. The Kier molecular flexibility index (Phi) is 7.59. The van der Waals surface area contributed by atoms with Crippen molar-refractivity contribution in [1.29, 1.82) is 0 Å². The van der Waals surface area contributed by atoms with Crippen molar-refractivity contribution in [3.05, 3.63) is 120 Å². The molecule has 0 bridgehead atoms. The van der Waals surface area contributed by atoms with E-state index in [1.165, 1.54) is 24.7 Å². The van der Waals surface area contributed by atoms with Gasteiger partial charge in [-0.1, -0.05) is 60.7 Å². The maximum atomic E-state index is 11.1. The number of aliphatic carboxylic acids is 2. The topological polar surface area (TPSA) is 101 Å². The minimum atomic E-state index is -0.970. The summed E-state index contributed by atoms with van der Waals surface area (Å²) in [5.41, 5.74) is 1.75. The molecular formula is C26H20O6. The van der Waals surface area contributed by atoms with Gasteiger partial charge in [-0.2, -0.15) is 0 Å². The van der Waals surface area contributed by atoms with E-state index in [0.29, 0.717) is 22.6 Å². The summed E-state index contributed by atoms with van der Waals surface area (Å²) in [6.45, 7) is 0. The lowest BCUT2D eigenvalue weighted by Gasteiger charge is -2.00. The van der Waals surface area contributed by atoms with Crippen LogP contribution in [0.2, 0.25) is 0 Å². The largest absolute Gasteiger partial charge is 0.478 e. The van der Waals surface area contributed by atoms with Crippen LogP contribution in [-0.4, -0.2) is 22.2 Å². The first-order valence-corrected chi connectivity index (χ1v) is 9.62. The normalized spacial score (nSPS) is 11.4. The Morgan fingerprint density at radius 2 is 0.938 bits per heavy atom. The van der Waals surface area contributed by atoms with Gasteiger partial charge in [-0.15, -0.1) is 0 Å². The van der Waals surface area contributed by atoms with E-state index in [4.69, 9.17) is 19.0 Å². The molecule has 2 aromatic heterocycles. The van der Waals surface area contributed by atoms with Crippen molar-refractivity contribution in [3.8, 4) is 0 Å². The zero-order chi connectivity index (χ0) is 22.8. The van der Waals surface area contributed by atoms with Crippen LogP contribution < -0.4 is 0 Å². The monoisotopic (exact) mass is 428 g/mol. The van der Waals surface area contributed by atoms with Crippen molar-refractivity contribution in [2.45, 2.75) is 0 Å². The number of benzene rings is 2. The van der Waals surface area contributed by atoms with Gasteiger partial charge in [0.05, 0.1) is 23.7 Å². The summed E-state index contributed by atoms with van der Waals surface area (Å²) in [4.78, 5) is 22.2. The predicted molar refractivity (Wildman–Crippen MR) is 121 cm³/mol. The second-order valence-electron chi connectivity index (χ2n) is 6.49. The molecule has 0 amide bonds. The molecule has 0 aliphatic rings. The summed E-state index contributed by atoms with van der Waals surface area (Å²) in [5.74, 6) is -0.882. The third-order valence-electron chi connectivity index (χ3n) is 4.29. The second kappa shape index (κ2) is 11.0. The minimum Gasteiger partial charge on any atom is -0.478 e. The number of hydrogen-bond donors (Lipinski definition) is 2. The molecule has 6 nitrogen and oxygen atoms in total. The van der Waals surface area contributed by atoms with Crippen molar-refractivity contribution >= 4 is 35.2 Å². The van der Waals surface area contributed by atoms with Crippen molar-refractivity contribution in [1.82, 2.24) is 0 Å². The molecule has 32 heavy (non-hydrogen) atoms. The van der Waals surface area contributed by atoms with Crippen LogP contribution in [0.25, 0.3) is 23.3 Å². The van der Waals surface area contributed by atoms with E-state index in [0.717, 1.165) is 0 Å². The van der Waals surface area contributed by atoms with Crippen molar-refractivity contribution in [2.24, 2.45) is 0 Å². The van der Waals surface area contributed by atoms with Crippen LogP contribution in [-0.2, 0) is 9.59 Å². The molecule has 0 spiro atoms. The average Bonchev–Trinajstić information content (AvgIpc) is 3.51. The maximum Gasteiger partial charge on any atom is 0.336 e. The van der Waals surface area contributed by atoms with Gasteiger partial charge in [-0.25, -0.2) is 9.59 Å².